The molecule has 1 aromatic rings. The van der Waals surface area contributed by atoms with Crippen LogP contribution in [0.25, 0.3) is 0 Å². The van der Waals surface area contributed by atoms with Gasteiger partial charge in [-0.15, -0.1) is 0 Å². The molecule has 3 heterocycles. The molecule has 126 valence electrons. The van der Waals surface area contributed by atoms with Gasteiger partial charge >= 0.3 is 0 Å². The molecule has 3 rings (SSSR count). The number of hydrogen-bond acceptors (Lipinski definition) is 5. The summed E-state index contributed by atoms with van der Waals surface area (Å²) in [5.41, 5.74) is 0.967. The first kappa shape index (κ1) is 15.9. The first-order valence-corrected chi connectivity index (χ1v) is 7.90. The van der Waals surface area contributed by atoms with Gasteiger partial charge in [-0.25, -0.2) is 0 Å². The molecule has 0 bridgehead atoms. The molecule has 0 aliphatic carbocycles. The summed E-state index contributed by atoms with van der Waals surface area (Å²) >= 11 is 0. The molecule has 0 radical (unpaired) electrons. The van der Waals surface area contributed by atoms with Crippen molar-refractivity contribution in [1.82, 2.24) is 24.9 Å². The Balaban J connectivity index is 1.65. The second kappa shape index (κ2) is 6.67. The first-order valence-electron chi connectivity index (χ1n) is 7.90. The van der Waals surface area contributed by atoms with Crippen molar-refractivity contribution >= 4 is 11.8 Å². The number of likely N-dealkylation sites (tertiary alicyclic amines) is 1. The Hall–Kier alpha value is -1.93. The summed E-state index contributed by atoms with van der Waals surface area (Å²) in [5.74, 6) is 0.131. The number of morpholine rings is 1. The maximum atomic E-state index is 12.3. The summed E-state index contributed by atoms with van der Waals surface area (Å²) in [6, 6.07) is 1.72. The van der Waals surface area contributed by atoms with E-state index in [-0.39, 0.29) is 30.4 Å². The fourth-order valence-corrected chi connectivity index (χ4v) is 3.27. The molecule has 1 N–H and O–H groups in total. The third kappa shape index (κ3) is 3.23. The van der Waals surface area contributed by atoms with Crippen LogP contribution in [0.2, 0.25) is 0 Å². The second-order valence-corrected chi connectivity index (χ2v) is 6.01. The number of ether oxygens (including phenoxy) is 1. The molecule has 2 aliphatic heterocycles. The highest BCUT2D eigenvalue weighted by Gasteiger charge is 2.40. The molecule has 0 spiro atoms. The van der Waals surface area contributed by atoms with Gasteiger partial charge in [-0.3, -0.25) is 14.3 Å². The summed E-state index contributed by atoms with van der Waals surface area (Å²) in [7, 11) is 3.66. The molecule has 2 saturated heterocycles. The number of aromatic nitrogens is 2. The Kier molecular flexibility index (Phi) is 4.63. The normalized spacial score (nSPS) is 25.2. The third-order valence-electron chi connectivity index (χ3n) is 4.63. The molecule has 8 heteroatoms. The fraction of sp³-hybridized carbons (Fsp3) is 0.667. The molecule has 8 nitrogen and oxygen atoms in total. The molecule has 23 heavy (non-hydrogen) atoms. The topological polar surface area (TPSA) is 79.7 Å². The van der Waals surface area contributed by atoms with E-state index in [2.05, 4.69) is 10.4 Å². The smallest absolute Gasteiger partial charge is 0.236 e. The van der Waals surface area contributed by atoms with Crippen molar-refractivity contribution < 1.29 is 14.3 Å². The predicted octanol–water partition coefficient (Wildman–Crippen LogP) is -0.860. The van der Waals surface area contributed by atoms with E-state index < -0.39 is 0 Å². The predicted molar refractivity (Wildman–Crippen MR) is 82.5 cm³/mol. The second-order valence-electron chi connectivity index (χ2n) is 6.01. The minimum absolute atomic E-state index is 0.0547. The van der Waals surface area contributed by atoms with Gasteiger partial charge in [-0.1, -0.05) is 0 Å². The maximum absolute atomic E-state index is 12.3. The molecule has 2 amide bonds. The van der Waals surface area contributed by atoms with E-state index in [0.29, 0.717) is 32.7 Å². The average Bonchev–Trinajstić information content (AvgIpc) is 3.09. The van der Waals surface area contributed by atoms with Crippen LogP contribution in [-0.4, -0.2) is 77.3 Å². The van der Waals surface area contributed by atoms with Crippen LogP contribution in [0.15, 0.2) is 12.3 Å². The zero-order chi connectivity index (χ0) is 16.4. The highest BCUT2D eigenvalue weighted by atomic mass is 16.5. The molecule has 2 atom stereocenters. The summed E-state index contributed by atoms with van der Waals surface area (Å²) in [6.07, 6.45) is 2.12. The lowest BCUT2D eigenvalue weighted by Crippen LogP contribution is -2.47. The number of nitrogens with one attached hydrogen (secondary N) is 1. The number of carbonyl (C=O) groups excluding carboxylic acids is 2. The van der Waals surface area contributed by atoms with E-state index in [0.717, 1.165) is 5.69 Å². The monoisotopic (exact) mass is 321 g/mol. The van der Waals surface area contributed by atoms with E-state index in [4.69, 9.17) is 4.74 Å². The van der Waals surface area contributed by atoms with Crippen LogP contribution in [0.3, 0.4) is 0 Å². The Labute approximate surface area is 135 Å². The molecular weight excluding hydrogens is 298 g/mol. The van der Waals surface area contributed by atoms with E-state index in [1.165, 1.54) is 0 Å². The molecule has 2 aliphatic rings. The quantitative estimate of drug-likeness (QED) is 0.781. The lowest BCUT2D eigenvalue weighted by atomic mass is 10.1. The first-order chi connectivity index (χ1) is 11.1. The van der Waals surface area contributed by atoms with Crippen molar-refractivity contribution in [2.24, 2.45) is 7.05 Å². The standard InChI is InChI=1S/C15H23N5O3/c1-18-13(21)9-11(15(18)12-3-4-17-19(12)2)16-10-14(22)20-5-7-23-8-6-20/h3-4,11,15-16H,5-10H2,1-2H3/t11-,15-/m1/s1. The lowest BCUT2D eigenvalue weighted by Gasteiger charge is -2.29. The largest absolute Gasteiger partial charge is 0.378 e. The molecule has 0 saturated carbocycles. The molecule has 0 unspecified atom stereocenters. The summed E-state index contributed by atoms with van der Waals surface area (Å²) in [5, 5.41) is 7.46. The van der Waals surface area contributed by atoms with Gasteiger partial charge in [0.15, 0.2) is 0 Å². The van der Waals surface area contributed by atoms with Gasteiger partial charge in [0.05, 0.1) is 31.5 Å². The minimum Gasteiger partial charge on any atom is -0.378 e. The van der Waals surface area contributed by atoms with E-state index in [1.54, 1.807) is 27.7 Å². The third-order valence-corrected chi connectivity index (χ3v) is 4.63. The van der Waals surface area contributed by atoms with E-state index in [1.807, 2.05) is 13.1 Å². The SMILES string of the molecule is CN1C(=O)C[C@@H](NCC(=O)N2CCOCC2)[C@@H]1c1ccnn1C. The Morgan fingerprint density at radius 1 is 1.39 bits per heavy atom. The van der Waals surface area contributed by atoms with Gasteiger partial charge in [0.1, 0.15) is 0 Å². The lowest BCUT2D eigenvalue weighted by molar-refractivity contribution is -0.134. The van der Waals surface area contributed by atoms with Crippen molar-refractivity contribution in [3.05, 3.63) is 18.0 Å². The van der Waals surface area contributed by atoms with Gasteiger partial charge in [0, 0.05) is 45.8 Å². The van der Waals surface area contributed by atoms with E-state index >= 15 is 0 Å². The van der Waals surface area contributed by atoms with Crippen molar-refractivity contribution in [1.29, 1.82) is 0 Å². The van der Waals surface area contributed by atoms with Gasteiger partial charge in [0.25, 0.3) is 0 Å². The van der Waals surface area contributed by atoms with Crippen LogP contribution in [0.1, 0.15) is 18.2 Å². The van der Waals surface area contributed by atoms with Crippen molar-refractivity contribution in [3.8, 4) is 0 Å². The van der Waals surface area contributed by atoms with Gasteiger partial charge in [-0.2, -0.15) is 5.10 Å². The van der Waals surface area contributed by atoms with Gasteiger partial charge in [-0.05, 0) is 6.07 Å². The van der Waals surface area contributed by atoms with Crippen LogP contribution in [0.4, 0.5) is 0 Å². The maximum Gasteiger partial charge on any atom is 0.236 e. The minimum atomic E-state index is -0.104. The Morgan fingerprint density at radius 3 is 2.78 bits per heavy atom. The Morgan fingerprint density at radius 2 is 2.13 bits per heavy atom. The summed E-state index contributed by atoms with van der Waals surface area (Å²) in [6.45, 7) is 2.69. The Bertz CT molecular complexity index is 581. The number of rotatable bonds is 4. The van der Waals surface area contributed by atoms with Crippen LogP contribution < -0.4 is 5.32 Å². The zero-order valence-electron chi connectivity index (χ0n) is 13.6. The highest BCUT2D eigenvalue weighted by Crippen LogP contribution is 2.31. The fourth-order valence-electron chi connectivity index (χ4n) is 3.27. The molecule has 1 aromatic heterocycles. The van der Waals surface area contributed by atoms with Gasteiger partial charge < -0.3 is 19.9 Å². The van der Waals surface area contributed by atoms with E-state index in [9.17, 15) is 9.59 Å². The number of aryl methyl sites for hydroxylation is 1. The number of nitrogens with zero attached hydrogens (tertiary/aromatic N) is 4. The van der Waals surface area contributed by atoms with Crippen LogP contribution in [0.5, 0.6) is 0 Å². The van der Waals surface area contributed by atoms with Crippen LogP contribution in [0, 0.1) is 0 Å². The zero-order valence-corrected chi connectivity index (χ0v) is 13.6. The van der Waals surface area contributed by atoms with Crippen LogP contribution in [-0.2, 0) is 21.4 Å². The average molecular weight is 321 g/mol. The van der Waals surface area contributed by atoms with Gasteiger partial charge in [0.2, 0.25) is 11.8 Å². The summed E-state index contributed by atoms with van der Waals surface area (Å²) in [4.78, 5) is 27.9. The van der Waals surface area contributed by atoms with Crippen molar-refractivity contribution in [2.45, 2.75) is 18.5 Å². The number of likely N-dealkylation sites (N-methyl/N-ethyl adjacent to an activating group) is 1. The highest BCUT2D eigenvalue weighted by molar-refractivity contribution is 5.81. The number of carbonyl (C=O) groups is 2. The number of amides is 2. The molecule has 2 fully saturated rings. The van der Waals surface area contributed by atoms with Crippen LogP contribution >= 0.6 is 0 Å². The summed E-state index contributed by atoms with van der Waals surface area (Å²) < 4.78 is 7.04. The number of hydrogen-bond donors (Lipinski definition) is 1. The van der Waals surface area contributed by atoms with Crippen molar-refractivity contribution in [3.63, 3.8) is 0 Å². The van der Waals surface area contributed by atoms with Crippen molar-refractivity contribution in [2.75, 3.05) is 39.9 Å². The molecular formula is C15H23N5O3. The molecule has 0 aromatic carbocycles.